The van der Waals surface area contributed by atoms with Crippen LogP contribution in [0.3, 0.4) is 0 Å². The molecule has 5 saturated carbocycles. The Balaban J connectivity index is 1.20. The number of cyclic esters (lactones) is 1. The summed E-state index contributed by atoms with van der Waals surface area (Å²) < 4.78 is 12.2. The van der Waals surface area contributed by atoms with Crippen LogP contribution in [-0.2, 0) is 9.47 Å². The van der Waals surface area contributed by atoms with E-state index in [4.69, 9.17) is 9.47 Å². The zero-order valence-electron chi connectivity index (χ0n) is 24.8. The molecule has 7 unspecified atom stereocenters. The van der Waals surface area contributed by atoms with Crippen LogP contribution in [0.2, 0.25) is 0 Å². The van der Waals surface area contributed by atoms with E-state index >= 15 is 0 Å². The highest BCUT2D eigenvalue weighted by molar-refractivity contribution is 5.71. The normalized spacial score (nSPS) is 57.7. The Labute approximate surface area is 229 Å². The van der Waals surface area contributed by atoms with Gasteiger partial charge in [0.05, 0.1) is 36.5 Å². The first kappa shape index (κ1) is 26.1. The van der Waals surface area contributed by atoms with Crippen molar-refractivity contribution < 1.29 is 24.5 Å². The number of aliphatic hydroxyl groups is 2. The smallest absolute Gasteiger partial charge is 0.410 e. The van der Waals surface area contributed by atoms with Gasteiger partial charge in [-0.3, -0.25) is 4.90 Å². The summed E-state index contributed by atoms with van der Waals surface area (Å²) in [5.74, 6) is 1.88. The molecule has 0 radical (unpaired) electrons. The Morgan fingerprint density at radius 1 is 0.947 bits per heavy atom. The van der Waals surface area contributed by atoms with Crippen molar-refractivity contribution in [1.82, 2.24) is 4.90 Å². The molecule has 38 heavy (non-hydrogen) atoms. The third kappa shape index (κ3) is 2.79. The largest absolute Gasteiger partial charge is 0.447 e. The minimum absolute atomic E-state index is 0.0218. The van der Waals surface area contributed by atoms with Crippen molar-refractivity contribution in [3.63, 3.8) is 0 Å². The Bertz CT molecular complexity index is 1040. The maximum absolute atomic E-state index is 12.5. The first-order chi connectivity index (χ1) is 17.7. The first-order valence-corrected chi connectivity index (χ1v) is 15.6. The summed E-state index contributed by atoms with van der Waals surface area (Å²) in [7, 11) is 0. The molecule has 0 aromatic heterocycles. The van der Waals surface area contributed by atoms with Crippen molar-refractivity contribution in [2.75, 3.05) is 13.2 Å². The van der Waals surface area contributed by atoms with Crippen LogP contribution in [0.1, 0.15) is 99.8 Å². The number of aliphatic hydroxyl groups excluding tert-OH is 2. The van der Waals surface area contributed by atoms with E-state index in [0.717, 1.165) is 25.7 Å². The number of hydrogen-bond acceptors (Lipinski definition) is 5. The molecule has 2 heterocycles. The van der Waals surface area contributed by atoms with Gasteiger partial charge in [0.25, 0.3) is 0 Å². The summed E-state index contributed by atoms with van der Waals surface area (Å²) in [4.78, 5) is 14.3. The highest BCUT2D eigenvalue weighted by atomic mass is 16.6. The predicted octanol–water partition coefficient (Wildman–Crippen LogP) is 5.39. The molecular weight excluding hydrogens is 478 g/mol. The van der Waals surface area contributed by atoms with Gasteiger partial charge in [0.1, 0.15) is 6.61 Å². The van der Waals surface area contributed by atoms with Crippen molar-refractivity contribution in [3.8, 4) is 0 Å². The number of carbonyl (C=O) groups is 1. The fourth-order valence-electron chi connectivity index (χ4n) is 12.7. The predicted molar refractivity (Wildman–Crippen MR) is 144 cm³/mol. The van der Waals surface area contributed by atoms with E-state index < -0.39 is 6.10 Å². The summed E-state index contributed by atoms with van der Waals surface area (Å²) in [5.41, 5.74) is 0.197. The molecular formula is C32H51NO5. The van der Waals surface area contributed by atoms with Crippen LogP contribution in [0.25, 0.3) is 0 Å². The van der Waals surface area contributed by atoms with E-state index in [1.54, 1.807) is 0 Å². The minimum Gasteiger partial charge on any atom is -0.447 e. The molecule has 6 heteroatoms. The van der Waals surface area contributed by atoms with Gasteiger partial charge in [0, 0.05) is 5.41 Å². The summed E-state index contributed by atoms with van der Waals surface area (Å²) in [6.45, 7) is 17.0. The highest BCUT2D eigenvalue weighted by Crippen LogP contribution is 2.89. The number of rotatable bonds is 2. The second-order valence-corrected chi connectivity index (χ2v) is 16.6. The number of ether oxygens (including phenoxy) is 2. The van der Waals surface area contributed by atoms with Crippen LogP contribution in [-0.4, -0.2) is 64.3 Å². The molecule has 2 spiro atoms. The van der Waals surface area contributed by atoms with Gasteiger partial charge in [-0.05, 0) is 111 Å². The zero-order valence-corrected chi connectivity index (χ0v) is 24.8. The molecule has 5 aliphatic carbocycles. The van der Waals surface area contributed by atoms with E-state index in [1.165, 1.54) is 25.7 Å². The Morgan fingerprint density at radius 2 is 1.63 bits per heavy atom. The molecule has 1 amide bonds. The van der Waals surface area contributed by atoms with E-state index in [2.05, 4.69) is 48.5 Å². The van der Waals surface area contributed by atoms with Crippen LogP contribution >= 0.6 is 0 Å². The first-order valence-electron chi connectivity index (χ1n) is 15.6. The molecule has 2 saturated heterocycles. The van der Waals surface area contributed by atoms with Crippen LogP contribution in [0.15, 0.2) is 0 Å². The van der Waals surface area contributed by atoms with Crippen molar-refractivity contribution >= 4 is 6.09 Å². The molecule has 7 fully saturated rings. The lowest BCUT2D eigenvalue weighted by Crippen LogP contribution is -2.59. The summed E-state index contributed by atoms with van der Waals surface area (Å²) >= 11 is 0. The molecule has 12 atom stereocenters. The summed E-state index contributed by atoms with van der Waals surface area (Å²) in [5, 5.41) is 23.3. The van der Waals surface area contributed by atoms with Crippen LogP contribution in [0.4, 0.5) is 4.79 Å². The quantitative estimate of drug-likeness (QED) is 0.501. The lowest BCUT2D eigenvalue weighted by Gasteiger charge is -2.63. The van der Waals surface area contributed by atoms with Gasteiger partial charge in [-0.25, -0.2) is 4.79 Å². The van der Waals surface area contributed by atoms with E-state index in [1.807, 2.05) is 4.90 Å². The van der Waals surface area contributed by atoms with Crippen molar-refractivity contribution in [1.29, 1.82) is 0 Å². The molecule has 2 N–H and O–H groups in total. The molecule has 0 aromatic rings. The Morgan fingerprint density at radius 3 is 2.32 bits per heavy atom. The van der Waals surface area contributed by atoms with Crippen LogP contribution < -0.4 is 0 Å². The Hall–Kier alpha value is -0.850. The van der Waals surface area contributed by atoms with Gasteiger partial charge in [0.2, 0.25) is 0 Å². The maximum atomic E-state index is 12.5. The third-order valence-corrected chi connectivity index (χ3v) is 14.7. The lowest BCUT2D eigenvalue weighted by molar-refractivity contribution is -0.182. The van der Waals surface area contributed by atoms with Gasteiger partial charge in [-0.2, -0.15) is 0 Å². The zero-order chi connectivity index (χ0) is 27.3. The fraction of sp³-hybridized carbons (Fsp3) is 0.969. The van der Waals surface area contributed by atoms with Crippen molar-refractivity contribution in [2.24, 2.45) is 50.7 Å². The molecule has 7 aliphatic rings. The number of fused-ring (bicyclic) bond motifs is 4. The third-order valence-electron chi connectivity index (χ3n) is 14.7. The SMILES string of the molecule is C[C@@H]1CC(CN2C(=O)OCC2(C)C)OC2[C@H]1C1(C)CCC34CC35CCC(O)C(C)(C)[C@@H]5CCC4[C@]1(C)[C@H]2O. The van der Waals surface area contributed by atoms with Crippen LogP contribution in [0.5, 0.6) is 0 Å². The maximum Gasteiger partial charge on any atom is 0.410 e. The average molecular weight is 530 g/mol. The molecule has 214 valence electrons. The Kier molecular flexibility index (Phi) is 5.15. The van der Waals surface area contributed by atoms with Crippen molar-refractivity contribution in [2.45, 2.75) is 130 Å². The number of carbonyl (C=O) groups excluding carboxylic acids is 1. The fourth-order valence-corrected chi connectivity index (χ4v) is 12.7. The van der Waals surface area contributed by atoms with Gasteiger partial charge >= 0.3 is 6.09 Å². The van der Waals surface area contributed by atoms with Crippen LogP contribution in [0, 0.1) is 50.7 Å². The molecule has 0 bridgehead atoms. The minimum atomic E-state index is -0.486. The molecule has 7 rings (SSSR count). The van der Waals surface area contributed by atoms with E-state index in [0.29, 0.717) is 47.7 Å². The average Bonchev–Trinajstić information content (AvgIpc) is 3.40. The molecule has 2 aliphatic heterocycles. The highest BCUT2D eigenvalue weighted by Gasteiger charge is 2.84. The molecule has 0 aromatic carbocycles. The number of hydrogen-bond donors (Lipinski definition) is 2. The number of nitrogens with zero attached hydrogens (tertiary/aromatic N) is 1. The second kappa shape index (κ2) is 7.50. The lowest BCUT2D eigenvalue weighted by atomic mass is 9.41. The summed E-state index contributed by atoms with van der Waals surface area (Å²) in [6, 6.07) is 0. The monoisotopic (exact) mass is 529 g/mol. The van der Waals surface area contributed by atoms with E-state index in [-0.39, 0.29) is 46.2 Å². The standard InChI is InChI=1S/C32H51NO5/c1-18-14-19(15-33-26(36)37-17-27(33,2)3)38-24-23(18)29(6)12-13-32-16-31(32)11-10-22(34)28(4,5)20(31)8-9-21(32)30(29,7)25(24)35/h18-25,34-35H,8-17H2,1-7H3/t18-,19?,20+,21?,22?,23+,24?,25+,29?,30-,31?,32?/m1/s1. The van der Waals surface area contributed by atoms with Gasteiger partial charge in [0.15, 0.2) is 0 Å². The summed E-state index contributed by atoms with van der Waals surface area (Å²) in [6.07, 6.45) is 7.91. The van der Waals surface area contributed by atoms with Gasteiger partial charge in [-0.1, -0.05) is 34.6 Å². The molecule has 6 nitrogen and oxygen atoms in total. The number of amides is 1. The van der Waals surface area contributed by atoms with Gasteiger partial charge < -0.3 is 19.7 Å². The van der Waals surface area contributed by atoms with Crippen molar-refractivity contribution in [3.05, 3.63) is 0 Å². The topological polar surface area (TPSA) is 79.2 Å². The van der Waals surface area contributed by atoms with Gasteiger partial charge in [-0.15, -0.1) is 0 Å². The second-order valence-electron chi connectivity index (χ2n) is 16.6. The van der Waals surface area contributed by atoms with E-state index in [9.17, 15) is 15.0 Å².